The molecule has 0 aliphatic heterocycles. The summed E-state index contributed by atoms with van der Waals surface area (Å²) in [7, 11) is 0. The molecule has 0 aliphatic carbocycles. The first kappa shape index (κ1) is 9.21. The van der Waals surface area contributed by atoms with Crippen LogP contribution in [0.25, 0.3) is 0 Å². The SMILES string of the molecule is CC(=O)/C=C(/O)C(C)(C)C. The minimum atomic E-state index is -0.314. The van der Waals surface area contributed by atoms with Crippen LogP contribution in [0.1, 0.15) is 27.7 Å². The van der Waals surface area contributed by atoms with E-state index < -0.39 is 0 Å². The Labute approximate surface area is 61.6 Å². The van der Waals surface area contributed by atoms with Crippen LogP contribution in [0.4, 0.5) is 0 Å². The van der Waals surface area contributed by atoms with Gasteiger partial charge in [0.25, 0.3) is 0 Å². The molecule has 0 aromatic heterocycles. The molecule has 0 saturated heterocycles. The Kier molecular flexibility index (Phi) is 2.64. The van der Waals surface area contributed by atoms with E-state index in [1.165, 1.54) is 13.0 Å². The average Bonchev–Trinajstić information content (AvgIpc) is 1.60. The van der Waals surface area contributed by atoms with Crippen LogP contribution < -0.4 is 0 Å². The third-order valence-electron chi connectivity index (χ3n) is 1.11. The van der Waals surface area contributed by atoms with E-state index in [4.69, 9.17) is 0 Å². The Morgan fingerprint density at radius 2 is 1.80 bits per heavy atom. The van der Waals surface area contributed by atoms with Gasteiger partial charge < -0.3 is 5.11 Å². The van der Waals surface area contributed by atoms with E-state index in [1.807, 2.05) is 20.8 Å². The molecule has 1 N–H and O–H groups in total. The zero-order chi connectivity index (χ0) is 8.36. The van der Waals surface area contributed by atoms with Crippen molar-refractivity contribution in [3.63, 3.8) is 0 Å². The molecule has 58 valence electrons. The molecule has 0 rings (SSSR count). The van der Waals surface area contributed by atoms with E-state index in [1.54, 1.807) is 0 Å². The summed E-state index contributed by atoms with van der Waals surface area (Å²) >= 11 is 0. The number of carbonyl (C=O) groups is 1. The van der Waals surface area contributed by atoms with Crippen LogP contribution in [0.2, 0.25) is 0 Å². The van der Waals surface area contributed by atoms with E-state index in [0.717, 1.165) is 0 Å². The van der Waals surface area contributed by atoms with Gasteiger partial charge in [-0.3, -0.25) is 4.79 Å². The number of rotatable bonds is 1. The van der Waals surface area contributed by atoms with Gasteiger partial charge in [-0.25, -0.2) is 0 Å². The van der Waals surface area contributed by atoms with Crippen molar-refractivity contribution in [3.05, 3.63) is 11.8 Å². The second-order valence-electron chi connectivity index (χ2n) is 3.39. The van der Waals surface area contributed by atoms with Crippen molar-refractivity contribution in [1.29, 1.82) is 0 Å². The summed E-state index contributed by atoms with van der Waals surface area (Å²) in [6.07, 6.45) is 1.25. The molecule has 0 aromatic carbocycles. The minimum absolute atomic E-state index is 0.118. The molecular weight excluding hydrogens is 128 g/mol. The highest BCUT2D eigenvalue weighted by atomic mass is 16.3. The molecule has 0 unspecified atom stereocenters. The lowest BCUT2D eigenvalue weighted by molar-refractivity contribution is -0.112. The summed E-state index contributed by atoms with van der Waals surface area (Å²) in [6, 6.07) is 0. The number of carbonyl (C=O) groups excluding carboxylic acids is 1. The smallest absolute Gasteiger partial charge is 0.155 e. The van der Waals surface area contributed by atoms with Gasteiger partial charge in [0.05, 0.1) is 0 Å². The maximum Gasteiger partial charge on any atom is 0.155 e. The first-order valence-electron chi connectivity index (χ1n) is 3.26. The summed E-state index contributed by atoms with van der Waals surface area (Å²) in [4.78, 5) is 10.5. The summed E-state index contributed by atoms with van der Waals surface area (Å²) in [5.74, 6) is 0.0208. The second-order valence-corrected chi connectivity index (χ2v) is 3.39. The van der Waals surface area contributed by atoms with Gasteiger partial charge in [0.15, 0.2) is 5.78 Å². The maximum absolute atomic E-state index is 10.5. The van der Waals surface area contributed by atoms with Crippen LogP contribution in [0.5, 0.6) is 0 Å². The molecule has 0 fully saturated rings. The summed E-state index contributed by atoms with van der Waals surface area (Å²) in [5.41, 5.74) is -0.314. The van der Waals surface area contributed by atoms with Crippen LogP contribution in [-0.4, -0.2) is 10.9 Å². The van der Waals surface area contributed by atoms with Gasteiger partial charge in [-0.2, -0.15) is 0 Å². The number of aliphatic hydroxyl groups is 1. The van der Waals surface area contributed by atoms with Crippen LogP contribution in [-0.2, 0) is 4.79 Å². The van der Waals surface area contributed by atoms with Crippen LogP contribution >= 0.6 is 0 Å². The first-order valence-corrected chi connectivity index (χ1v) is 3.26. The minimum Gasteiger partial charge on any atom is -0.512 e. The van der Waals surface area contributed by atoms with Crippen molar-refractivity contribution < 1.29 is 9.90 Å². The third-order valence-corrected chi connectivity index (χ3v) is 1.11. The average molecular weight is 142 g/mol. The van der Waals surface area contributed by atoms with E-state index in [2.05, 4.69) is 0 Å². The molecule has 0 spiro atoms. The number of hydrogen-bond donors (Lipinski definition) is 1. The van der Waals surface area contributed by atoms with Crippen molar-refractivity contribution in [2.75, 3.05) is 0 Å². The normalized spacial score (nSPS) is 13.4. The van der Waals surface area contributed by atoms with E-state index >= 15 is 0 Å². The topological polar surface area (TPSA) is 37.3 Å². The number of aliphatic hydroxyl groups excluding tert-OH is 1. The quantitative estimate of drug-likeness (QED) is 0.449. The molecular formula is C8H14O2. The van der Waals surface area contributed by atoms with Gasteiger partial charge in [-0.1, -0.05) is 20.8 Å². The van der Waals surface area contributed by atoms with Gasteiger partial charge in [-0.05, 0) is 6.92 Å². The molecule has 0 atom stereocenters. The number of hydrogen-bond acceptors (Lipinski definition) is 2. The Balaban J connectivity index is 4.35. The molecule has 2 heteroatoms. The molecule has 0 saturated carbocycles. The highest BCUT2D eigenvalue weighted by Gasteiger charge is 2.15. The van der Waals surface area contributed by atoms with E-state index in [0.29, 0.717) is 0 Å². The molecule has 0 bridgehead atoms. The lowest BCUT2D eigenvalue weighted by Crippen LogP contribution is -2.09. The highest BCUT2D eigenvalue weighted by Crippen LogP contribution is 2.21. The predicted molar refractivity (Wildman–Crippen MR) is 40.8 cm³/mol. The molecule has 0 aromatic rings. The fourth-order valence-electron chi connectivity index (χ4n) is 0.409. The van der Waals surface area contributed by atoms with Crippen molar-refractivity contribution in [3.8, 4) is 0 Å². The third kappa shape index (κ3) is 3.28. The first-order chi connectivity index (χ1) is 4.34. The Morgan fingerprint density at radius 1 is 1.40 bits per heavy atom. The predicted octanol–water partition coefficient (Wildman–Crippen LogP) is 2.06. The zero-order valence-electron chi connectivity index (χ0n) is 6.93. The van der Waals surface area contributed by atoms with Gasteiger partial charge in [0, 0.05) is 11.5 Å². The van der Waals surface area contributed by atoms with Crippen molar-refractivity contribution >= 4 is 5.78 Å². The highest BCUT2D eigenvalue weighted by molar-refractivity contribution is 5.87. The maximum atomic E-state index is 10.5. The Hall–Kier alpha value is -0.790. The molecule has 2 nitrogen and oxygen atoms in total. The number of ketones is 1. The molecule has 0 amide bonds. The van der Waals surface area contributed by atoms with Crippen LogP contribution in [0.15, 0.2) is 11.8 Å². The monoisotopic (exact) mass is 142 g/mol. The fourth-order valence-corrected chi connectivity index (χ4v) is 0.409. The summed E-state index contributed by atoms with van der Waals surface area (Å²) < 4.78 is 0. The largest absolute Gasteiger partial charge is 0.512 e. The van der Waals surface area contributed by atoms with E-state index in [9.17, 15) is 9.90 Å². The molecule has 0 heterocycles. The van der Waals surface area contributed by atoms with Crippen LogP contribution in [0.3, 0.4) is 0 Å². The lowest BCUT2D eigenvalue weighted by Gasteiger charge is -2.16. The molecule has 10 heavy (non-hydrogen) atoms. The van der Waals surface area contributed by atoms with Gasteiger partial charge >= 0.3 is 0 Å². The van der Waals surface area contributed by atoms with Gasteiger partial charge in [0.1, 0.15) is 5.76 Å². The lowest BCUT2D eigenvalue weighted by atomic mass is 9.93. The zero-order valence-corrected chi connectivity index (χ0v) is 6.93. The standard InChI is InChI=1S/C8H14O2/c1-6(9)5-7(10)8(2,3)4/h5,10H,1-4H3/b7-5+. The second kappa shape index (κ2) is 2.86. The van der Waals surface area contributed by atoms with Gasteiger partial charge in [0.2, 0.25) is 0 Å². The van der Waals surface area contributed by atoms with Crippen molar-refractivity contribution in [2.45, 2.75) is 27.7 Å². The van der Waals surface area contributed by atoms with Crippen molar-refractivity contribution in [2.24, 2.45) is 5.41 Å². The summed E-state index contributed by atoms with van der Waals surface area (Å²) in [6.45, 7) is 6.97. The Bertz CT molecular complexity index is 161. The number of allylic oxidation sites excluding steroid dienone is 2. The van der Waals surface area contributed by atoms with Gasteiger partial charge in [-0.15, -0.1) is 0 Å². The molecule has 0 aliphatic rings. The molecule has 0 radical (unpaired) electrons. The Morgan fingerprint density at radius 3 is 1.90 bits per heavy atom. The van der Waals surface area contributed by atoms with Crippen LogP contribution in [0, 0.1) is 5.41 Å². The fraction of sp³-hybridized carbons (Fsp3) is 0.625. The summed E-state index contributed by atoms with van der Waals surface area (Å²) in [5, 5.41) is 9.20. The van der Waals surface area contributed by atoms with E-state index in [-0.39, 0.29) is 17.0 Å². The van der Waals surface area contributed by atoms with Crippen molar-refractivity contribution in [1.82, 2.24) is 0 Å².